The molecule has 0 aliphatic rings. The molecule has 0 unspecified atom stereocenters. The van der Waals surface area contributed by atoms with Crippen molar-refractivity contribution < 1.29 is 0 Å². The monoisotopic (exact) mass is 477 g/mol. The molecule has 0 N–H and O–H groups in total. The summed E-state index contributed by atoms with van der Waals surface area (Å²) in [6, 6.07) is 23.1. The van der Waals surface area contributed by atoms with Gasteiger partial charge in [-0.2, -0.15) is 10.5 Å². The number of fused-ring (bicyclic) bond motifs is 3. The van der Waals surface area contributed by atoms with Crippen molar-refractivity contribution in [2.24, 2.45) is 0 Å². The first-order chi connectivity index (χ1) is 18.1. The van der Waals surface area contributed by atoms with E-state index in [-0.39, 0.29) is 11.6 Å². The summed E-state index contributed by atoms with van der Waals surface area (Å²) in [7, 11) is 0. The van der Waals surface area contributed by atoms with Crippen molar-refractivity contribution in [3.05, 3.63) is 102 Å². The highest BCUT2D eigenvalue weighted by Crippen LogP contribution is 2.38. The Bertz CT molecular complexity index is 1840. The van der Waals surface area contributed by atoms with Crippen molar-refractivity contribution in [3.8, 4) is 40.1 Å². The van der Waals surface area contributed by atoms with Crippen LogP contribution in [0.2, 0.25) is 0 Å². The maximum absolute atomic E-state index is 9.20. The molecule has 3 heterocycles. The molecule has 0 aliphatic carbocycles. The summed E-state index contributed by atoms with van der Waals surface area (Å²) in [4.78, 5) is 16.7. The van der Waals surface area contributed by atoms with Crippen LogP contribution in [0.4, 0.5) is 0 Å². The van der Waals surface area contributed by atoms with E-state index in [1.54, 1.807) is 24.8 Å². The Kier molecular flexibility index (Phi) is 5.18. The second-order valence-electron chi connectivity index (χ2n) is 8.92. The summed E-state index contributed by atoms with van der Waals surface area (Å²) in [5.74, 6) is 0.238. The molecule has 0 atom stereocenters. The van der Waals surface area contributed by atoms with Crippen LogP contribution in [0.5, 0.6) is 0 Å². The third kappa shape index (κ3) is 3.76. The molecule has 0 aliphatic heterocycles. The van der Waals surface area contributed by atoms with Gasteiger partial charge >= 0.3 is 0 Å². The minimum Gasteiger partial charge on any atom is -0.309 e. The predicted octanol–water partition coefficient (Wildman–Crippen LogP) is 6.06. The average molecular weight is 478 g/mol. The number of hydrogen-bond acceptors (Lipinski definition) is 6. The Morgan fingerprint density at radius 3 is 1.62 bits per heavy atom. The zero-order chi connectivity index (χ0) is 25.5. The smallest absolute Gasteiger partial charge is 0.232 e. The molecule has 0 saturated carbocycles. The molecule has 6 rings (SSSR count). The van der Waals surface area contributed by atoms with Gasteiger partial charge in [0.05, 0.1) is 16.7 Å². The number of nitrogens with zero attached hydrogens (tertiary/aromatic N) is 7. The zero-order valence-electron chi connectivity index (χ0n) is 20.1. The number of benzene rings is 3. The molecule has 7 nitrogen and oxygen atoms in total. The van der Waals surface area contributed by atoms with Gasteiger partial charge in [-0.25, -0.2) is 19.9 Å². The van der Waals surface area contributed by atoms with Crippen LogP contribution in [0.1, 0.15) is 22.8 Å². The number of rotatable bonds is 3. The summed E-state index contributed by atoms with van der Waals surface area (Å²) < 4.78 is 2.26. The van der Waals surface area contributed by atoms with E-state index in [1.165, 1.54) is 21.9 Å². The molecule has 0 bridgehead atoms. The summed E-state index contributed by atoms with van der Waals surface area (Å²) >= 11 is 0. The molecule has 3 aromatic carbocycles. The van der Waals surface area contributed by atoms with E-state index in [2.05, 4.69) is 80.8 Å². The first kappa shape index (κ1) is 22.1. The summed E-state index contributed by atoms with van der Waals surface area (Å²) in [5.41, 5.74) is 8.89. The molecule has 3 aromatic heterocycles. The van der Waals surface area contributed by atoms with E-state index in [0.717, 1.165) is 39.0 Å². The van der Waals surface area contributed by atoms with Crippen LogP contribution in [-0.4, -0.2) is 24.5 Å². The van der Waals surface area contributed by atoms with Crippen molar-refractivity contribution in [1.29, 1.82) is 10.5 Å². The minimum absolute atomic E-state index is 0.116. The Labute approximate surface area is 213 Å². The van der Waals surface area contributed by atoms with E-state index in [4.69, 9.17) is 5.26 Å². The second kappa shape index (κ2) is 8.67. The molecule has 0 fully saturated rings. The standard InChI is InChI=1S/C30H19N7/c1-18-3-6-27-24(9-18)25-10-19(2)4-7-28(25)37(27)26-8-5-20(21-14-33-29(12-31)34-15-21)11-23(26)22-16-35-30(13-32)36-17-22/h3-11,14-17H,1-2H3. The number of aryl methyl sites for hydroxylation is 2. The first-order valence-corrected chi connectivity index (χ1v) is 11.7. The molecular weight excluding hydrogens is 458 g/mol. The van der Waals surface area contributed by atoms with E-state index < -0.39 is 0 Å². The number of nitriles is 2. The fourth-order valence-corrected chi connectivity index (χ4v) is 4.71. The van der Waals surface area contributed by atoms with Gasteiger partial charge in [-0.3, -0.25) is 0 Å². The third-order valence-corrected chi connectivity index (χ3v) is 6.46. The predicted molar refractivity (Wildman–Crippen MR) is 142 cm³/mol. The van der Waals surface area contributed by atoms with Gasteiger partial charge in [-0.05, 0) is 55.8 Å². The Morgan fingerprint density at radius 2 is 1.11 bits per heavy atom. The molecule has 37 heavy (non-hydrogen) atoms. The summed E-state index contributed by atoms with van der Waals surface area (Å²) in [6.45, 7) is 4.21. The van der Waals surface area contributed by atoms with Crippen molar-refractivity contribution in [2.75, 3.05) is 0 Å². The highest BCUT2D eigenvalue weighted by atomic mass is 15.0. The van der Waals surface area contributed by atoms with Crippen LogP contribution in [0, 0.1) is 36.5 Å². The lowest BCUT2D eigenvalue weighted by Gasteiger charge is -2.15. The molecule has 0 saturated heterocycles. The number of aromatic nitrogens is 5. The van der Waals surface area contributed by atoms with Crippen LogP contribution in [0.25, 0.3) is 49.7 Å². The van der Waals surface area contributed by atoms with Gasteiger partial charge in [0.2, 0.25) is 11.6 Å². The van der Waals surface area contributed by atoms with Crippen molar-refractivity contribution >= 4 is 21.8 Å². The topological polar surface area (TPSA) is 104 Å². The maximum atomic E-state index is 9.20. The van der Waals surface area contributed by atoms with Crippen LogP contribution in [-0.2, 0) is 0 Å². The maximum Gasteiger partial charge on any atom is 0.232 e. The van der Waals surface area contributed by atoms with Gasteiger partial charge in [0, 0.05) is 52.3 Å². The molecule has 174 valence electrons. The number of hydrogen-bond donors (Lipinski definition) is 0. The normalized spacial score (nSPS) is 10.9. The Morgan fingerprint density at radius 1 is 0.595 bits per heavy atom. The largest absolute Gasteiger partial charge is 0.309 e. The van der Waals surface area contributed by atoms with Crippen molar-refractivity contribution in [3.63, 3.8) is 0 Å². The van der Waals surface area contributed by atoms with Gasteiger partial charge in [0.25, 0.3) is 0 Å². The SMILES string of the molecule is Cc1ccc2c(c1)c1cc(C)ccc1n2-c1ccc(-c2cnc(C#N)nc2)cc1-c1cnc(C#N)nc1. The van der Waals surface area contributed by atoms with Crippen molar-refractivity contribution in [1.82, 2.24) is 24.5 Å². The average Bonchev–Trinajstić information content (AvgIpc) is 3.25. The van der Waals surface area contributed by atoms with Gasteiger partial charge in [0.15, 0.2) is 0 Å². The lowest BCUT2D eigenvalue weighted by Crippen LogP contribution is -1.99. The van der Waals surface area contributed by atoms with Crippen LogP contribution in [0.3, 0.4) is 0 Å². The van der Waals surface area contributed by atoms with Crippen LogP contribution in [0.15, 0.2) is 79.4 Å². The van der Waals surface area contributed by atoms with E-state index >= 15 is 0 Å². The lowest BCUT2D eigenvalue weighted by molar-refractivity contribution is 1.11. The van der Waals surface area contributed by atoms with E-state index in [0.29, 0.717) is 0 Å². The molecular formula is C30H19N7. The van der Waals surface area contributed by atoms with Crippen LogP contribution >= 0.6 is 0 Å². The quantitative estimate of drug-likeness (QED) is 0.307. The van der Waals surface area contributed by atoms with Gasteiger partial charge in [-0.15, -0.1) is 0 Å². The summed E-state index contributed by atoms with van der Waals surface area (Å²) in [6.07, 6.45) is 6.63. The van der Waals surface area contributed by atoms with Crippen LogP contribution < -0.4 is 0 Å². The second-order valence-corrected chi connectivity index (χ2v) is 8.92. The molecule has 7 heteroatoms. The zero-order valence-corrected chi connectivity index (χ0v) is 20.1. The molecule has 6 aromatic rings. The van der Waals surface area contributed by atoms with Gasteiger partial charge in [0.1, 0.15) is 12.1 Å². The highest BCUT2D eigenvalue weighted by Gasteiger charge is 2.17. The van der Waals surface area contributed by atoms with Gasteiger partial charge in [-0.1, -0.05) is 29.3 Å². The minimum atomic E-state index is 0.116. The fraction of sp³-hybridized carbons (Fsp3) is 0.0667. The molecule has 0 radical (unpaired) electrons. The van der Waals surface area contributed by atoms with Gasteiger partial charge < -0.3 is 4.57 Å². The fourth-order valence-electron chi connectivity index (χ4n) is 4.71. The third-order valence-electron chi connectivity index (χ3n) is 6.46. The highest BCUT2D eigenvalue weighted by molar-refractivity contribution is 6.10. The van der Waals surface area contributed by atoms with Crippen molar-refractivity contribution in [2.45, 2.75) is 13.8 Å². The Hall–Kier alpha value is -5.40. The Balaban J connectivity index is 1.66. The summed E-state index contributed by atoms with van der Waals surface area (Å²) in [5, 5.41) is 20.6. The van der Waals surface area contributed by atoms with E-state index in [9.17, 15) is 5.26 Å². The van der Waals surface area contributed by atoms with E-state index in [1.807, 2.05) is 24.3 Å². The molecule has 0 spiro atoms. The molecule has 0 amide bonds. The first-order valence-electron chi connectivity index (χ1n) is 11.7. The lowest BCUT2D eigenvalue weighted by atomic mass is 10.00.